The minimum Gasteiger partial charge on any atom is -0.493 e. The van der Waals surface area contributed by atoms with Gasteiger partial charge in [0.15, 0.2) is 11.5 Å². The van der Waals surface area contributed by atoms with Crippen LogP contribution < -0.4 is 14.2 Å². The molecule has 1 rings (SSSR count). The molecule has 0 spiro atoms. The molecule has 0 aliphatic carbocycles. The van der Waals surface area contributed by atoms with Gasteiger partial charge in [0.25, 0.3) is 0 Å². The normalized spacial score (nSPS) is 12.0. The molecule has 0 fully saturated rings. The average molecular weight is 330 g/mol. The van der Waals surface area contributed by atoms with E-state index < -0.39 is 0 Å². The monoisotopic (exact) mass is 330 g/mol. The lowest BCUT2D eigenvalue weighted by Gasteiger charge is -2.17. The van der Waals surface area contributed by atoms with Gasteiger partial charge in [-0.05, 0) is 17.7 Å². The van der Waals surface area contributed by atoms with Crippen molar-refractivity contribution in [3.63, 3.8) is 0 Å². The number of hydrogen-bond acceptors (Lipinski definition) is 7. The Morgan fingerprint density at radius 1 is 0.913 bits per heavy atom. The van der Waals surface area contributed by atoms with Crippen molar-refractivity contribution in [2.24, 2.45) is 0 Å². The molecule has 1 atom stereocenters. The Balaban J connectivity index is 2.59. The molecule has 0 aliphatic rings. The second kappa shape index (κ2) is 11.1. The predicted molar refractivity (Wildman–Crippen MR) is 84.5 cm³/mol. The maximum atomic E-state index is 8.69. The SMILES string of the molecule is COc1cc(COCC(COCCO)OC)cc(OC)c1OC. The second-order valence-electron chi connectivity index (χ2n) is 4.70. The van der Waals surface area contributed by atoms with E-state index in [1.165, 1.54) is 0 Å². The van der Waals surface area contributed by atoms with Gasteiger partial charge in [0.1, 0.15) is 6.10 Å². The predicted octanol–water partition coefficient (Wildman–Crippen LogP) is 1.25. The lowest BCUT2D eigenvalue weighted by molar-refractivity contribution is -0.0491. The van der Waals surface area contributed by atoms with Crippen LogP contribution in [0.25, 0.3) is 0 Å². The van der Waals surface area contributed by atoms with E-state index in [0.29, 0.717) is 37.1 Å². The highest BCUT2D eigenvalue weighted by atomic mass is 16.6. The first kappa shape index (κ1) is 19.5. The number of rotatable bonds is 12. The summed E-state index contributed by atoms with van der Waals surface area (Å²) in [4.78, 5) is 0. The average Bonchev–Trinajstić information content (AvgIpc) is 2.59. The minimum absolute atomic E-state index is 0.0112. The summed E-state index contributed by atoms with van der Waals surface area (Å²) in [5.41, 5.74) is 0.894. The molecule has 1 unspecified atom stereocenters. The first-order valence-electron chi connectivity index (χ1n) is 7.28. The van der Waals surface area contributed by atoms with Crippen molar-refractivity contribution in [2.45, 2.75) is 12.7 Å². The van der Waals surface area contributed by atoms with Gasteiger partial charge in [-0.1, -0.05) is 0 Å². The quantitative estimate of drug-likeness (QED) is 0.578. The zero-order valence-corrected chi connectivity index (χ0v) is 14.2. The molecular weight excluding hydrogens is 304 g/mol. The molecule has 0 saturated heterocycles. The van der Waals surface area contributed by atoms with Gasteiger partial charge in [0.05, 0.1) is 54.4 Å². The van der Waals surface area contributed by atoms with E-state index in [9.17, 15) is 0 Å². The third kappa shape index (κ3) is 6.23. The topological polar surface area (TPSA) is 75.6 Å². The van der Waals surface area contributed by atoms with Crippen molar-refractivity contribution in [3.05, 3.63) is 17.7 Å². The molecule has 7 nitrogen and oxygen atoms in total. The highest BCUT2D eigenvalue weighted by molar-refractivity contribution is 5.53. The van der Waals surface area contributed by atoms with E-state index in [-0.39, 0.29) is 19.3 Å². The molecule has 1 N–H and O–H groups in total. The summed E-state index contributed by atoms with van der Waals surface area (Å²) in [6, 6.07) is 3.68. The fourth-order valence-electron chi connectivity index (χ4n) is 1.99. The Bertz CT molecular complexity index is 425. The first-order chi connectivity index (χ1) is 11.2. The summed E-state index contributed by atoms with van der Waals surface area (Å²) in [6.45, 7) is 1.39. The molecule has 1 aromatic rings. The first-order valence-corrected chi connectivity index (χ1v) is 7.28. The van der Waals surface area contributed by atoms with E-state index in [1.807, 2.05) is 12.1 Å². The Morgan fingerprint density at radius 3 is 2.00 bits per heavy atom. The van der Waals surface area contributed by atoms with Gasteiger partial charge in [-0.2, -0.15) is 0 Å². The fraction of sp³-hybridized carbons (Fsp3) is 0.625. The molecule has 0 bridgehead atoms. The standard InChI is InChI=1S/C16H26O7/c1-18-13(10-22-6-5-17)11-23-9-12-7-14(19-2)16(21-4)15(8-12)20-3/h7-8,13,17H,5-6,9-11H2,1-4H3. The van der Waals surface area contributed by atoms with Gasteiger partial charge in [0, 0.05) is 7.11 Å². The smallest absolute Gasteiger partial charge is 0.203 e. The maximum Gasteiger partial charge on any atom is 0.203 e. The summed E-state index contributed by atoms with van der Waals surface area (Å²) in [5, 5.41) is 8.69. The molecule has 23 heavy (non-hydrogen) atoms. The van der Waals surface area contributed by atoms with Crippen LogP contribution in [0.5, 0.6) is 17.2 Å². The summed E-state index contributed by atoms with van der Waals surface area (Å²) in [7, 11) is 6.30. The summed E-state index contributed by atoms with van der Waals surface area (Å²) in [5.74, 6) is 1.71. The van der Waals surface area contributed by atoms with Crippen molar-refractivity contribution in [2.75, 3.05) is 54.9 Å². The van der Waals surface area contributed by atoms with Crippen LogP contribution in [0, 0.1) is 0 Å². The third-order valence-corrected chi connectivity index (χ3v) is 3.17. The van der Waals surface area contributed by atoms with Crippen molar-refractivity contribution < 1.29 is 33.5 Å². The third-order valence-electron chi connectivity index (χ3n) is 3.17. The number of ether oxygens (including phenoxy) is 6. The maximum absolute atomic E-state index is 8.69. The van der Waals surface area contributed by atoms with Gasteiger partial charge in [-0.15, -0.1) is 0 Å². The Hall–Kier alpha value is -1.54. The van der Waals surface area contributed by atoms with Gasteiger partial charge >= 0.3 is 0 Å². The molecule has 0 radical (unpaired) electrons. The van der Waals surface area contributed by atoms with E-state index in [0.717, 1.165) is 5.56 Å². The zero-order valence-electron chi connectivity index (χ0n) is 14.2. The van der Waals surface area contributed by atoms with Crippen LogP contribution in [0.4, 0.5) is 0 Å². The summed E-state index contributed by atoms with van der Waals surface area (Å²) >= 11 is 0. The zero-order chi connectivity index (χ0) is 17.1. The highest BCUT2D eigenvalue weighted by Crippen LogP contribution is 2.38. The lowest BCUT2D eigenvalue weighted by Crippen LogP contribution is -2.25. The molecule has 0 aliphatic heterocycles. The Labute approximate surface area is 137 Å². The molecule has 7 heteroatoms. The van der Waals surface area contributed by atoms with Crippen LogP contribution in [-0.2, 0) is 20.8 Å². The molecule has 132 valence electrons. The molecule has 0 aromatic heterocycles. The van der Waals surface area contributed by atoms with Crippen molar-refractivity contribution >= 4 is 0 Å². The van der Waals surface area contributed by atoms with Gasteiger partial charge in [-0.3, -0.25) is 0 Å². The van der Waals surface area contributed by atoms with Gasteiger partial charge < -0.3 is 33.5 Å². The number of aliphatic hydroxyl groups is 1. The second-order valence-corrected chi connectivity index (χ2v) is 4.70. The summed E-state index contributed by atoms with van der Waals surface area (Å²) in [6.07, 6.45) is -0.191. The van der Waals surface area contributed by atoms with Gasteiger partial charge in [0.2, 0.25) is 5.75 Å². The molecule has 0 heterocycles. The largest absolute Gasteiger partial charge is 0.493 e. The van der Waals surface area contributed by atoms with Crippen LogP contribution in [0.15, 0.2) is 12.1 Å². The van der Waals surface area contributed by atoms with E-state index >= 15 is 0 Å². The molecular formula is C16H26O7. The van der Waals surface area contributed by atoms with Crippen molar-refractivity contribution in [1.82, 2.24) is 0 Å². The van der Waals surface area contributed by atoms with E-state index in [1.54, 1.807) is 28.4 Å². The van der Waals surface area contributed by atoms with E-state index in [2.05, 4.69) is 0 Å². The Kier molecular flexibility index (Phi) is 9.39. The van der Waals surface area contributed by atoms with Crippen LogP contribution in [0.1, 0.15) is 5.56 Å². The molecule has 1 aromatic carbocycles. The van der Waals surface area contributed by atoms with Crippen LogP contribution in [0.2, 0.25) is 0 Å². The highest BCUT2D eigenvalue weighted by Gasteiger charge is 2.14. The minimum atomic E-state index is -0.191. The number of methoxy groups -OCH3 is 4. The van der Waals surface area contributed by atoms with Gasteiger partial charge in [-0.25, -0.2) is 0 Å². The van der Waals surface area contributed by atoms with Crippen molar-refractivity contribution in [1.29, 1.82) is 0 Å². The van der Waals surface area contributed by atoms with Crippen LogP contribution in [-0.4, -0.2) is 66.1 Å². The molecule has 0 amide bonds. The summed E-state index contributed by atoms with van der Waals surface area (Å²) < 4.78 is 32.0. The Morgan fingerprint density at radius 2 is 1.52 bits per heavy atom. The van der Waals surface area contributed by atoms with Crippen LogP contribution >= 0.6 is 0 Å². The number of benzene rings is 1. The lowest BCUT2D eigenvalue weighted by atomic mass is 10.2. The van der Waals surface area contributed by atoms with Crippen LogP contribution in [0.3, 0.4) is 0 Å². The fourth-order valence-corrected chi connectivity index (χ4v) is 1.99. The van der Waals surface area contributed by atoms with E-state index in [4.69, 9.17) is 33.5 Å². The number of hydrogen-bond donors (Lipinski definition) is 1. The van der Waals surface area contributed by atoms with Crippen molar-refractivity contribution in [3.8, 4) is 17.2 Å². The molecule has 0 saturated carbocycles. The number of aliphatic hydroxyl groups excluding tert-OH is 1.